The van der Waals surface area contributed by atoms with Gasteiger partial charge in [0.25, 0.3) is 5.56 Å². The minimum atomic E-state index is -2.72. The highest BCUT2D eigenvalue weighted by molar-refractivity contribution is 8.00. The molecule has 48 heavy (non-hydrogen) atoms. The highest BCUT2D eigenvalue weighted by Gasteiger charge is 2.27. The molecule has 2 unspecified atom stereocenters. The Bertz CT molecular complexity index is 2070. The van der Waals surface area contributed by atoms with Crippen molar-refractivity contribution in [3.8, 4) is 11.1 Å². The van der Waals surface area contributed by atoms with Gasteiger partial charge < -0.3 is 15.5 Å². The second-order valence-corrected chi connectivity index (χ2v) is 16.5. The van der Waals surface area contributed by atoms with Gasteiger partial charge in [-0.15, -0.1) is 11.3 Å². The Kier molecular flexibility index (Phi) is 9.41. The van der Waals surface area contributed by atoms with Crippen LogP contribution in [0.25, 0.3) is 22.2 Å². The number of piperidine rings is 2. The number of nitrogens with zero attached hydrogens (tertiary/aromatic N) is 5. The topological polar surface area (TPSA) is 105 Å². The molecule has 0 spiro atoms. The van der Waals surface area contributed by atoms with Gasteiger partial charge in [-0.1, -0.05) is 18.2 Å². The van der Waals surface area contributed by atoms with E-state index in [9.17, 15) is 9.00 Å². The number of hydrogen-bond acceptors (Lipinski definition) is 9. The number of pyridine rings is 1. The molecule has 2 saturated heterocycles. The molecule has 2 aromatic carbocycles. The van der Waals surface area contributed by atoms with E-state index in [1.807, 2.05) is 24.6 Å². The summed E-state index contributed by atoms with van der Waals surface area (Å²) in [5.41, 5.74) is 2.45. The normalized spacial score (nSPS) is 18.9. The van der Waals surface area contributed by atoms with Crippen LogP contribution in [-0.2, 0) is 22.5 Å². The highest BCUT2D eigenvalue weighted by atomic mass is 32.2. The van der Waals surface area contributed by atoms with E-state index in [4.69, 9.17) is 4.98 Å². The number of anilines is 2. The molecular weight excluding hydrogens is 646 g/mol. The van der Waals surface area contributed by atoms with Gasteiger partial charge in [-0.25, -0.2) is 14.4 Å². The molecule has 5 heterocycles. The van der Waals surface area contributed by atoms with E-state index >= 15 is 4.39 Å². The summed E-state index contributed by atoms with van der Waals surface area (Å²) in [7, 11) is -0.681. The quantitative estimate of drug-likeness (QED) is 0.195. The number of fused-ring (bicyclic) bond motifs is 1. The van der Waals surface area contributed by atoms with Gasteiger partial charge in [0, 0.05) is 44.6 Å². The average Bonchev–Trinajstić information content (AvgIpc) is 3.61. The Balaban J connectivity index is 1.20. The van der Waals surface area contributed by atoms with E-state index in [1.165, 1.54) is 40.4 Å². The predicted octanol–water partition coefficient (Wildman–Crippen LogP) is 5.56. The first kappa shape index (κ1) is 32.6. The zero-order chi connectivity index (χ0) is 33.3. The van der Waals surface area contributed by atoms with E-state index in [-0.39, 0.29) is 22.9 Å². The lowest BCUT2D eigenvalue weighted by atomic mass is 9.92. The largest absolute Gasteiger partial charge is 0.324 e. The summed E-state index contributed by atoms with van der Waals surface area (Å²) in [5, 5.41) is 9.79. The van der Waals surface area contributed by atoms with Gasteiger partial charge in [-0.2, -0.15) is 4.98 Å². The van der Waals surface area contributed by atoms with Crippen LogP contribution in [0.2, 0.25) is 0 Å². The van der Waals surface area contributed by atoms with Gasteiger partial charge in [0.05, 0.1) is 12.1 Å². The smallest absolute Gasteiger partial charge is 0.260 e. The molecule has 0 amide bonds. The summed E-state index contributed by atoms with van der Waals surface area (Å²) in [6, 6.07) is 14.4. The molecule has 5 aromatic rings. The average molecular weight is 686 g/mol. The minimum Gasteiger partial charge on any atom is -0.324 e. The third-order valence-electron chi connectivity index (χ3n) is 9.57. The second kappa shape index (κ2) is 13.9. The van der Waals surface area contributed by atoms with E-state index in [0.717, 1.165) is 56.1 Å². The number of aromatic nitrogens is 4. The van der Waals surface area contributed by atoms with Crippen molar-refractivity contribution in [1.82, 2.24) is 29.7 Å². The fraction of sp³-hybridized carbons (Fsp3) is 0.361. The number of halogens is 1. The van der Waals surface area contributed by atoms with Crippen LogP contribution < -0.4 is 16.2 Å². The fourth-order valence-electron chi connectivity index (χ4n) is 6.80. The van der Waals surface area contributed by atoms with E-state index in [1.54, 1.807) is 30.6 Å². The van der Waals surface area contributed by atoms with Crippen molar-refractivity contribution in [2.45, 2.75) is 48.8 Å². The molecule has 2 aliphatic rings. The third kappa shape index (κ3) is 6.93. The lowest BCUT2D eigenvalue weighted by Crippen LogP contribution is -2.37. The maximum atomic E-state index is 15.9. The summed E-state index contributed by atoms with van der Waals surface area (Å²) >= 11 is 1.43. The van der Waals surface area contributed by atoms with Gasteiger partial charge in [-0.05, 0) is 123 Å². The van der Waals surface area contributed by atoms with E-state index < -0.39 is 20.9 Å². The summed E-state index contributed by atoms with van der Waals surface area (Å²) in [5.74, 6) is 4.45. The van der Waals surface area contributed by atoms with Crippen LogP contribution in [0.3, 0.4) is 0 Å². The van der Waals surface area contributed by atoms with Crippen LogP contribution in [-0.4, -0.2) is 73.0 Å². The molecule has 2 fully saturated rings. The number of likely N-dealkylation sites (tertiary alicyclic amines) is 1. The van der Waals surface area contributed by atoms with Crippen molar-refractivity contribution in [2.24, 2.45) is 5.92 Å². The Labute approximate surface area is 284 Å². The van der Waals surface area contributed by atoms with Crippen molar-refractivity contribution >= 4 is 49.4 Å². The maximum Gasteiger partial charge on any atom is 0.260 e. The summed E-state index contributed by atoms with van der Waals surface area (Å²) in [6.07, 6.45) is 8.33. The first-order valence-electron chi connectivity index (χ1n) is 16.4. The highest BCUT2D eigenvalue weighted by Crippen LogP contribution is 2.30. The van der Waals surface area contributed by atoms with Crippen LogP contribution >= 0.6 is 11.3 Å². The number of thiazole rings is 1. The van der Waals surface area contributed by atoms with Gasteiger partial charge in [0.15, 0.2) is 0 Å². The Morgan fingerprint density at radius 3 is 2.60 bits per heavy atom. The molecule has 12 heteroatoms. The van der Waals surface area contributed by atoms with Gasteiger partial charge in [-0.3, -0.25) is 13.6 Å². The molecule has 0 radical (unpaired) electrons. The molecule has 2 N–H and O–H groups in total. The molecule has 2 atom stereocenters. The SMILES string of the molecule is C=S(=O)(c1ccc(-c2cc3cnc(Nc4ccc(CC5CCCNC5)cc4)nc3n(Cc3nccs3)c2=O)c(F)c1)C1CCN(C)CC1. The van der Waals surface area contributed by atoms with Crippen molar-refractivity contribution < 1.29 is 8.60 Å². The fourth-order valence-corrected chi connectivity index (χ4v) is 9.36. The molecular formula is C36H40FN7O2S2. The Hall–Kier alpha value is -3.97. The van der Waals surface area contributed by atoms with Gasteiger partial charge in [0.1, 0.15) is 16.5 Å². The van der Waals surface area contributed by atoms with Crippen molar-refractivity contribution in [3.05, 3.63) is 93.0 Å². The predicted molar refractivity (Wildman–Crippen MR) is 193 cm³/mol. The molecule has 0 aliphatic carbocycles. The lowest BCUT2D eigenvalue weighted by molar-refractivity contribution is 0.280. The van der Waals surface area contributed by atoms with Crippen LogP contribution in [0.15, 0.2) is 76.0 Å². The van der Waals surface area contributed by atoms with Crippen molar-refractivity contribution in [2.75, 3.05) is 38.5 Å². The molecule has 0 saturated carbocycles. The number of benzene rings is 2. The molecule has 0 bridgehead atoms. The van der Waals surface area contributed by atoms with E-state index in [2.05, 4.69) is 43.5 Å². The summed E-state index contributed by atoms with van der Waals surface area (Å²) in [6.45, 7) is 4.00. The first-order valence-corrected chi connectivity index (χ1v) is 19.1. The zero-order valence-corrected chi connectivity index (χ0v) is 28.7. The van der Waals surface area contributed by atoms with Crippen LogP contribution in [0, 0.1) is 11.7 Å². The van der Waals surface area contributed by atoms with Crippen LogP contribution in [0.4, 0.5) is 16.0 Å². The number of rotatable bonds is 9. The van der Waals surface area contributed by atoms with Crippen LogP contribution in [0.1, 0.15) is 36.3 Å². The van der Waals surface area contributed by atoms with E-state index in [0.29, 0.717) is 27.8 Å². The van der Waals surface area contributed by atoms with Gasteiger partial charge in [0.2, 0.25) is 5.95 Å². The lowest BCUT2D eigenvalue weighted by Gasteiger charge is -2.31. The first-order chi connectivity index (χ1) is 23.2. The maximum absolute atomic E-state index is 15.9. The Morgan fingerprint density at radius 2 is 1.90 bits per heavy atom. The number of nitrogens with one attached hydrogen (secondary N) is 2. The zero-order valence-electron chi connectivity index (χ0n) is 27.0. The van der Waals surface area contributed by atoms with Crippen molar-refractivity contribution in [1.29, 1.82) is 0 Å². The molecule has 7 rings (SSSR count). The molecule has 250 valence electrons. The van der Waals surface area contributed by atoms with Crippen molar-refractivity contribution in [3.63, 3.8) is 0 Å². The summed E-state index contributed by atoms with van der Waals surface area (Å²) < 4.78 is 31.2. The molecule has 9 nitrogen and oxygen atoms in total. The molecule has 2 aliphatic heterocycles. The Morgan fingerprint density at radius 1 is 1.08 bits per heavy atom. The minimum absolute atomic E-state index is 0.118. The second-order valence-electron chi connectivity index (χ2n) is 13.0. The standard InChI is InChI=1S/C36H40FN7O2S2/c1-43-15-11-28(12-16-43)48(2,46)29-9-10-30(32(37)20-29)31-19-26-22-40-36(42-34(26)44(35(31)45)23-33-39-14-17-47-33)41-27-7-5-24(6-8-27)18-25-4-3-13-38-21-25/h5-10,14,17,19-20,22,25,28,38H,2-4,11-13,15-16,18,21,23H2,1H3,(H,40,41,42). The van der Waals surface area contributed by atoms with Crippen LogP contribution in [0.5, 0.6) is 0 Å². The molecule has 3 aromatic heterocycles. The van der Waals surface area contributed by atoms with Gasteiger partial charge >= 0.3 is 0 Å². The monoisotopic (exact) mass is 685 g/mol. The third-order valence-corrected chi connectivity index (χ3v) is 12.9. The number of hydrogen-bond donors (Lipinski definition) is 2. The summed E-state index contributed by atoms with van der Waals surface area (Å²) in [4.78, 5) is 30.4.